The molecule has 0 radical (unpaired) electrons. The molecule has 1 saturated heterocycles. The van der Waals surface area contributed by atoms with E-state index in [4.69, 9.17) is 14.2 Å². The van der Waals surface area contributed by atoms with Crippen molar-refractivity contribution < 1.29 is 14.2 Å². The third kappa shape index (κ3) is 6.46. The summed E-state index contributed by atoms with van der Waals surface area (Å²) in [5.74, 6) is 1.65. The van der Waals surface area contributed by atoms with Crippen LogP contribution < -0.4 is 15.4 Å². The fraction of sp³-hybridized carbons (Fsp3) is 0.588. The van der Waals surface area contributed by atoms with Crippen molar-refractivity contribution in [2.45, 2.75) is 25.5 Å². The molecule has 0 aromatic heterocycles. The van der Waals surface area contributed by atoms with Gasteiger partial charge in [0.25, 0.3) is 0 Å². The van der Waals surface area contributed by atoms with Crippen molar-refractivity contribution in [2.24, 2.45) is 4.99 Å². The van der Waals surface area contributed by atoms with Gasteiger partial charge in [-0.15, -0.1) is 0 Å². The van der Waals surface area contributed by atoms with Gasteiger partial charge in [-0.2, -0.15) is 0 Å². The lowest BCUT2D eigenvalue weighted by Crippen LogP contribution is -2.37. The zero-order valence-electron chi connectivity index (χ0n) is 14.0. The molecule has 0 saturated carbocycles. The van der Waals surface area contributed by atoms with Gasteiger partial charge in [-0.3, -0.25) is 4.99 Å². The normalized spacial score (nSPS) is 18.0. The molecule has 2 N–H and O–H groups in total. The van der Waals surface area contributed by atoms with E-state index < -0.39 is 0 Å². The second-order valence-corrected chi connectivity index (χ2v) is 5.41. The molecule has 2 rings (SSSR count). The van der Waals surface area contributed by atoms with Gasteiger partial charge in [0.1, 0.15) is 5.75 Å². The van der Waals surface area contributed by atoms with Crippen molar-refractivity contribution in [1.82, 2.24) is 10.6 Å². The first-order valence-corrected chi connectivity index (χ1v) is 8.08. The number of benzene rings is 1. The highest BCUT2D eigenvalue weighted by molar-refractivity contribution is 5.79. The summed E-state index contributed by atoms with van der Waals surface area (Å²) in [5, 5.41) is 6.58. The Balaban J connectivity index is 1.61. The molecule has 1 aromatic carbocycles. The summed E-state index contributed by atoms with van der Waals surface area (Å²) < 4.78 is 16.2. The molecule has 6 nitrogen and oxygen atoms in total. The van der Waals surface area contributed by atoms with Crippen LogP contribution in [0, 0.1) is 0 Å². The SMILES string of the molecule is CN=C(NCCCOC1CCOC1)NCc1cccc(OC)c1. The van der Waals surface area contributed by atoms with E-state index in [0.29, 0.717) is 6.54 Å². The van der Waals surface area contributed by atoms with Crippen LogP contribution in [0.25, 0.3) is 0 Å². The minimum atomic E-state index is 0.278. The Bertz CT molecular complexity index is 488. The van der Waals surface area contributed by atoms with Crippen LogP contribution in [0.4, 0.5) is 0 Å². The molecule has 1 aliphatic heterocycles. The number of hydrogen-bond acceptors (Lipinski definition) is 4. The summed E-state index contributed by atoms with van der Waals surface area (Å²) in [6, 6.07) is 7.99. The number of methoxy groups -OCH3 is 1. The Morgan fingerprint density at radius 3 is 3.04 bits per heavy atom. The monoisotopic (exact) mass is 321 g/mol. The summed E-state index contributed by atoms with van der Waals surface area (Å²) in [6.07, 6.45) is 2.23. The molecule has 0 amide bonds. The second-order valence-electron chi connectivity index (χ2n) is 5.41. The fourth-order valence-electron chi connectivity index (χ4n) is 2.36. The van der Waals surface area contributed by atoms with Crippen LogP contribution in [0.3, 0.4) is 0 Å². The van der Waals surface area contributed by atoms with Gasteiger partial charge in [-0.1, -0.05) is 12.1 Å². The Labute approximate surface area is 138 Å². The van der Waals surface area contributed by atoms with Crippen molar-refractivity contribution in [1.29, 1.82) is 0 Å². The molecule has 128 valence electrons. The van der Waals surface area contributed by atoms with Crippen LogP contribution in [-0.2, 0) is 16.0 Å². The van der Waals surface area contributed by atoms with Crippen LogP contribution in [-0.4, -0.2) is 52.6 Å². The van der Waals surface area contributed by atoms with Crippen LogP contribution in [0.1, 0.15) is 18.4 Å². The molecule has 1 heterocycles. The van der Waals surface area contributed by atoms with Gasteiger partial charge in [-0.05, 0) is 30.5 Å². The minimum Gasteiger partial charge on any atom is -0.497 e. The van der Waals surface area contributed by atoms with Crippen LogP contribution in [0.2, 0.25) is 0 Å². The molecule has 0 spiro atoms. The fourth-order valence-corrected chi connectivity index (χ4v) is 2.36. The molecule has 0 aliphatic carbocycles. The maximum atomic E-state index is 5.73. The smallest absolute Gasteiger partial charge is 0.191 e. The first kappa shape index (κ1) is 17.6. The van der Waals surface area contributed by atoms with Crippen molar-refractivity contribution in [3.63, 3.8) is 0 Å². The second kappa shape index (κ2) is 10.1. The van der Waals surface area contributed by atoms with E-state index in [0.717, 1.165) is 56.5 Å². The minimum absolute atomic E-state index is 0.278. The molecular weight excluding hydrogens is 294 g/mol. The molecule has 6 heteroatoms. The van der Waals surface area contributed by atoms with Gasteiger partial charge in [0, 0.05) is 33.4 Å². The Morgan fingerprint density at radius 2 is 2.30 bits per heavy atom. The maximum Gasteiger partial charge on any atom is 0.191 e. The van der Waals surface area contributed by atoms with Crippen molar-refractivity contribution in [3.05, 3.63) is 29.8 Å². The van der Waals surface area contributed by atoms with E-state index in [1.165, 1.54) is 0 Å². The lowest BCUT2D eigenvalue weighted by Gasteiger charge is -2.13. The average Bonchev–Trinajstić information content (AvgIpc) is 3.11. The predicted octanol–water partition coefficient (Wildman–Crippen LogP) is 1.56. The number of nitrogens with one attached hydrogen (secondary N) is 2. The van der Waals surface area contributed by atoms with Crippen LogP contribution in [0.5, 0.6) is 5.75 Å². The van der Waals surface area contributed by atoms with Crippen LogP contribution >= 0.6 is 0 Å². The summed E-state index contributed by atoms with van der Waals surface area (Å²) in [6.45, 7) is 3.83. The van der Waals surface area contributed by atoms with Gasteiger partial charge in [0.05, 0.1) is 19.8 Å². The highest BCUT2D eigenvalue weighted by Gasteiger charge is 2.15. The Hall–Kier alpha value is -1.79. The lowest BCUT2D eigenvalue weighted by molar-refractivity contribution is 0.0420. The van der Waals surface area contributed by atoms with E-state index in [1.54, 1.807) is 14.2 Å². The number of guanidine groups is 1. The van der Waals surface area contributed by atoms with E-state index in [9.17, 15) is 0 Å². The van der Waals surface area contributed by atoms with E-state index in [1.807, 2.05) is 18.2 Å². The van der Waals surface area contributed by atoms with Gasteiger partial charge in [0.15, 0.2) is 5.96 Å². The van der Waals surface area contributed by atoms with Crippen molar-refractivity contribution in [3.8, 4) is 5.75 Å². The summed E-state index contributed by atoms with van der Waals surface area (Å²) >= 11 is 0. The number of rotatable bonds is 8. The molecule has 1 aliphatic rings. The van der Waals surface area contributed by atoms with Crippen molar-refractivity contribution >= 4 is 5.96 Å². The van der Waals surface area contributed by atoms with Gasteiger partial charge in [0.2, 0.25) is 0 Å². The molecular formula is C17H27N3O3. The van der Waals surface area contributed by atoms with Crippen LogP contribution in [0.15, 0.2) is 29.3 Å². The molecule has 1 fully saturated rings. The Kier molecular flexibility index (Phi) is 7.69. The van der Waals surface area contributed by atoms with E-state index >= 15 is 0 Å². The highest BCUT2D eigenvalue weighted by atomic mass is 16.5. The zero-order chi connectivity index (χ0) is 16.3. The first-order valence-electron chi connectivity index (χ1n) is 8.08. The standard InChI is InChI=1S/C17H27N3O3/c1-18-17(19-8-4-9-23-16-7-10-22-13-16)20-12-14-5-3-6-15(11-14)21-2/h3,5-6,11,16H,4,7-10,12-13H2,1-2H3,(H2,18,19,20). The Morgan fingerprint density at radius 1 is 1.39 bits per heavy atom. The lowest BCUT2D eigenvalue weighted by atomic mass is 10.2. The largest absolute Gasteiger partial charge is 0.497 e. The molecule has 0 bridgehead atoms. The summed E-state index contributed by atoms with van der Waals surface area (Å²) in [5.41, 5.74) is 1.15. The van der Waals surface area contributed by atoms with E-state index in [2.05, 4.69) is 21.7 Å². The van der Waals surface area contributed by atoms with Gasteiger partial charge >= 0.3 is 0 Å². The summed E-state index contributed by atoms with van der Waals surface area (Å²) in [4.78, 5) is 4.22. The topological polar surface area (TPSA) is 64.1 Å². The van der Waals surface area contributed by atoms with E-state index in [-0.39, 0.29) is 6.10 Å². The molecule has 1 unspecified atom stereocenters. The molecule has 1 aromatic rings. The van der Waals surface area contributed by atoms with Gasteiger partial charge in [-0.25, -0.2) is 0 Å². The third-order valence-corrected chi connectivity index (χ3v) is 3.67. The molecule has 1 atom stereocenters. The number of nitrogens with zero attached hydrogens (tertiary/aromatic N) is 1. The highest BCUT2D eigenvalue weighted by Crippen LogP contribution is 2.12. The number of ether oxygens (including phenoxy) is 3. The summed E-state index contributed by atoms with van der Waals surface area (Å²) in [7, 11) is 3.44. The predicted molar refractivity (Wildman–Crippen MR) is 91.0 cm³/mol. The number of aliphatic imine (C=N–C) groups is 1. The van der Waals surface area contributed by atoms with Crippen molar-refractivity contribution in [2.75, 3.05) is 40.5 Å². The maximum absolute atomic E-state index is 5.73. The number of hydrogen-bond donors (Lipinski definition) is 2. The third-order valence-electron chi connectivity index (χ3n) is 3.67. The average molecular weight is 321 g/mol. The zero-order valence-corrected chi connectivity index (χ0v) is 14.0. The quantitative estimate of drug-likeness (QED) is 0.432. The first-order chi connectivity index (χ1) is 11.3. The molecule has 23 heavy (non-hydrogen) atoms. The van der Waals surface area contributed by atoms with Gasteiger partial charge < -0.3 is 24.8 Å².